The zero-order chi connectivity index (χ0) is 13.9. The Balaban J connectivity index is 1.69. The summed E-state index contributed by atoms with van der Waals surface area (Å²) in [5.41, 5.74) is 9.66. The van der Waals surface area contributed by atoms with E-state index < -0.39 is 0 Å². The van der Waals surface area contributed by atoms with E-state index in [4.69, 9.17) is 10.5 Å². The van der Waals surface area contributed by atoms with Gasteiger partial charge in [-0.3, -0.25) is 0 Å². The highest BCUT2D eigenvalue weighted by Crippen LogP contribution is 2.37. The van der Waals surface area contributed by atoms with Crippen molar-refractivity contribution in [1.82, 2.24) is 0 Å². The third-order valence-electron chi connectivity index (χ3n) is 5.26. The van der Waals surface area contributed by atoms with Gasteiger partial charge in [-0.1, -0.05) is 31.2 Å². The van der Waals surface area contributed by atoms with Crippen LogP contribution in [-0.2, 0) is 11.2 Å². The molecule has 2 nitrogen and oxygen atoms in total. The highest BCUT2D eigenvalue weighted by molar-refractivity contribution is 5.32. The molecule has 0 saturated carbocycles. The van der Waals surface area contributed by atoms with Crippen molar-refractivity contribution in [2.45, 2.75) is 63.5 Å². The van der Waals surface area contributed by atoms with Crippen molar-refractivity contribution in [3.63, 3.8) is 0 Å². The predicted octanol–water partition coefficient (Wildman–Crippen LogP) is 3.64. The van der Waals surface area contributed by atoms with Gasteiger partial charge in [-0.2, -0.15) is 0 Å². The number of ether oxygens (including phenoxy) is 1. The van der Waals surface area contributed by atoms with Crippen LogP contribution in [0.4, 0.5) is 0 Å². The van der Waals surface area contributed by atoms with Gasteiger partial charge in [-0.15, -0.1) is 0 Å². The van der Waals surface area contributed by atoms with Crippen molar-refractivity contribution in [1.29, 1.82) is 0 Å². The first-order valence-corrected chi connectivity index (χ1v) is 8.24. The maximum absolute atomic E-state index is 6.55. The molecule has 2 aliphatic rings. The summed E-state index contributed by atoms with van der Waals surface area (Å²) < 4.78 is 5.81. The van der Waals surface area contributed by atoms with E-state index in [0.29, 0.717) is 24.0 Å². The van der Waals surface area contributed by atoms with Crippen LogP contribution < -0.4 is 5.73 Å². The lowest BCUT2D eigenvalue weighted by atomic mass is 9.77. The lowest BCUT2D eigenvalue weighted by Gasteiger charge is -2.31. The smallest absolute Gasteiger partial charge is 0.0616 e. The Kier molecular flexibility index (Phi) is 4.42. The summed E-state index contributed by atoms with van der Waals surface area (Å²) >= 11 is 0. The minimum absolute atomic E-state index is 0.290. The third kappa shape index (κ3) is 2.77. The normalized spacial score (nSPS) is 31.0. The standard InChI is InChI=1S/C18H27NO/c1-2-18-16(10-11-20-18)17(19)12-14-8-5-7-13-6-3-4-9-15(13)14/h3-4,6,9,14,16-18H,2,5,7-8,10-12,19H2,1H3. The first-order chi connectivity index (χ1) is 9.79. The van der Waals surface area contributed by atoms with Crippen LogP contribution in [0, 0.1) is 5.92 Å². The van der Waals surface area contributed by atoms with Gasteiger partial charge in [0.15, 0.2) is 0 Å². The predicted molar refractivity (Wildman–Crippen MR) is 82.9 cm³/mol. The average Bonchev–Trinajstić information content (AvgIpc) is 2.96. The van der Waals surface area contributed by atoms with Crippen LogP contribution in [0.1, 0.15) is 56.1 Å². The fourth-order valence-electron chi connectivity index (χ4n) is 4.18. The molecule has 1 aliphatic carbocycles. The molecule has 3 rings (SSSR count). The molecule has 20 heavy (non-hydrogen) atoms. The first-order valence-electron chi connectivity index (χ1n) is 8.24. The minimum Gasteiger partial charge on any atom is -0.378 e. The van der Waals surface area contributed by atoms with Crippen LogP contribution >= 0.6 is 0 Å². The van der Waals surface area contributed by atoms with Gasteiger partial charge in [0.1, 0.15) is 0 Å². The van der Waals surface area contributed by atoms with Gasteiger partial charge in [-0.05, 0) is 55.6 Å². The molecule has 1 heterocycles. The van der Waals surface area contributed by atoms with Crippen LogP contribution in [0.15, 0.2) is 24.3 Å². The number of aryl methyl sites for hydroxylation is 1. The van der Waals surface area contributed by atoms with Crippen LogP contribution in [0.3, 0.4) is 0 Å². The molecule has 0 radical (unpaired) electrons. The summed E-state index contributed by atoms with van der Waals surface area (Å²) in [6.07, 6.45) is 7.62. The van der Waals surface area contributed by atoms with Gasteiger partial charge < -0.3 is 10.5 Å². The van der Waals surface area contributed by atoms with Crippen molar-refractivity contribution < 1.29 is 4.74 Å². The van der Waals surface area contributed by atoms with E-state index in [1.165, 1.54) is 19.3 Å². The molecule has 1 aliphatic heterocycles. The average molecular weight is 273 g/mol. The fourth-order valence-corrected chi connectivity index (χ4v) is 4.18. The number of rotatable bonds is 4. The second-order valence-electron chi connectivity index (χ2n) is 6.46. The quantitative estimate of drug-likeness (QED) is 0.909. The van der Waals surface area contributed by atoms with Crippen LogP contribution in [-0.4, -0.2) is 18.8 Å². The Morgan fingerprint density at radius 1 is 1.30 bits per heavy atom. The SMILES string of the molecule is CCC1OCCC1C(N)CC1CCCc2ccccc21. The summed E-state index contributed by atoms with van der Waals surface area (Å²) in [7, 11) is 0. The zero-order valence-electron chi connectivity index (χ0n) is 12.6. The topological polar surface area (TPSA) is 35.2 Å². The molecular weight excluding hydrogens is 246 g/mol. The molecule has 0 bridgehead atoms. The van der Waals surface area contributed by atoms with Gasteiger partial charge in [0.25, 0.3) is 0 Å². The van der Waals surface area contributed by atoms with Crippen molar-refractivity contribution in [2.75, 3.05) is 6.61 Å². The van der Waals surface area contributed by atoms with Gasteiger partial charge >= 0.3 is 0 Å². The molecule has 2 heteroatoms. The van der Waals surface area contributed by atoms with E-state index in [0.717, 1.165) is 25.9 Å². The molecule has 1 aromatic rings. The Bertz CT molecular complexity index is 445. The minimum atomic E-state index is 0.290. The number of hydrogen-bond acceptors (Lipinski definition) is 2. The zero-order valence-corrected chi connectivity index (χ0v) is 12.6. The van der Waals surface area contributed by atoms with Gasteiger partial charge in [0.05, 0.1) is 6.10 Å². The Morgan fingerprint density at radius 3 is 3.00 bits per heavy atom. The van der Waals surface area contributed by atoms with Crippen molar-refractivity contribution in [3.8, 4) is 0 Å². The van der Waals surface area contributed by atoms with Crippen LogP contribution in [0.2, 0.25) is 0 Å². The molecule has 1 fully saturated rings. The van der Waals surface area contributed by atoms with Crippen LogP contribution in [0.5, 0.6) is 0 Å². The molecule has 0 amide bonds. The summed E-state index contributed by atoms with van der Waals surface area (Å²) in [6.45, 7) is 3.11. The molecule has 0 aromatic heterocycles. The number of hydrogen-bond donors (Lipinski definition) is 1. The molecular formula is C18H27NO. The lowest BCUT2D eigenvalue weighted by molar-refractivity contribution is 0.0797. The third-order valence-corrected chi connectivity index (χ3v) is 5.26. The van der Waals surface area contributed by atoms with Gasteiger partial charge in [0, 0.05) is 18.6 Å². The van der Waals surface area contributed by atoms with Crippen molar-refractivity contribution in [2.24, 2.45) is 11.7 Å². The van der Waals surface area contributed by atoms with E-state index in [9.17, 15) is 0 Å². The molecule has 1 aromatic carbocycles. The highest BCUT2D eigenvalue weighted by Gasteiger charge is 2.33. The molecule has 1 saturated heterocycles. The molecule has 110 valence electrons. The summed E-state index contributed by atoms with van der Waals surface area (Å²) in [5.74, 6) is 1.22. The number of nitrogens with two attached hydrogens (primary N) is 1. The second kappa shape index (κ2) is 6.28. The molecule has 4 atom stereocenters. The second-order valence-corrected chi connectivity index (χ2v) is 6.46. The first kappa shape index (κ1) is 14.1. The monoisotopic (exact) mass is 273 g/mol. The van der Waals surface area contributed by atoms with E-state index in [2.05, 4.69) is 31.2 Å². The maximum Gasteiger partial charge on any atom is 0.0616 e. The van der Waals surface area contributed by atoms with Crippen LogP contribution in [0.25, 0.3) is 0 Å². The van der Waals surface area contributed by atoms with Crippen molar-refractivity contribution in [3.05, 3.63) is 35.4 Å². The summed E-state index contributed by atoms with van der Waals surface area (Å²) in [4.78, 5) is 0. The highest BCUT2D eigenvalue weighted by atomic mass is 16.5. The van der Waals surface area contributed by atoms with E-state index in [1.54, 1.807) is 11.1 Å². The summed E-state index contributed by atoms with van der Waals surface area (Å²) in [6, 6.07) is 9.24. The fraction of sp³-hybridized carbons (Fsp3) is 0.667. The van der Waals surface area contributed by atoms with E-state index in [1.807, 2.05) is 0 Å². The van der Waals surface area contributed by atoms with Gasteiger partial charge in [-0.25, -0.2) is 0 Å². The molecule has 4 unspecified atom stereocenters. The van der Waals surface area contributed by atoms with E-state index in [-0.39, 0.29) is 0 Å². The Hall–Kier alpha value is -0.860. The molecule has 0 spiro atoms. The lowest BCUT2D eigenvalue weighted by Crippen LogP contribution is -2.36. The van der Waals surface area contributed by atoms with Gasteiger partial charge in [0.2, 0.25) is 0 Å². The molecule has 2 N–H and O–H groups in total. The number of benzene rings is 1. The van der Waals surface area contributed by atoms with E-state index >= 15 is 0 Å². The number of fused-ring (bicyclic) bond motifs is 1. The maximum atomic E-state index is 6.55. The largest absolute Gasteiger partial charge is 0.378 e. The summed E-state index contributed by atoms with van der Waals surface area (Å²) in [5, 5.41) is 0. The Labute approximate surface area is 122 Å². The Morgan fingerprint density at radius 2 is 2.15 bits per heavy atom. The van der Waals surface area contributed by atoms with Crippen molar-refractivity contribution >= 4 is 0 Å².